The Morgan fingerprint density at radius 3 is 1.42 bits per heavy atom. The van der Waals surface area contributed by atoms with Crippen LogP contribution in [-0.4, -0.2) is 128 Å². The second-order valence-corrected chi connectivity index (χ2v) is 25.0. The molecule has 4 aromatic heterocycles. The molecule has 6 heterocycles. The summed E-state index contributed by atoms with van der Waals surface area (Å²) in [5.41, 5.74) is 3.45. The zero-order valence-corrected chi connectivity index (χ0v) is 55.1. The maximum absolute atomic E-state index is 12.6. The van der Waals surface area contributed by atoms with E-state index in [0.29, 0.717) is 54.7 Å². The Hall–Kier alpha value is -7.94. The van der Waals surface area contributed by atoms with Crippen LogP contribution in [0.1, 0.15) is 97.3 Å². The fraction of sp³-hybridized carbons (Fsp3) is 0.425. The van der Waals surface area contributed by atoms with Crippen LogP contribution in [0, 0.1) is 0 Å². The highest BCUT2D eigenvalue weighted by atomic mass is 32.1. The number of para-hydroxylation sites is 1. The molecule has 0 bridgehead atoms. The fourth-order valence-electron chi connectivity index (χ4n) is 11.4. The van der Waals surface area contributed by atoms with Crippen LogP contribution in [-0.2, 0) is 27.7 Å². The number of hydrogen-bond donors (Lipinski definition) is 1. The van der Waals surface area contributed by atoms with Crippen molar-refractivity contribution in [2.75, 3.05) is 102 Å². The van der Waals surface area contributed by atoms with Crippen molar-refractivity contribution in [2.45, 2.75) is 111 Å². The number of rotatable bonds is 29. The molecule has 0 amide bonds. The van der Waals surface area contributed by atoms with Gasteiger partial charge in [-0.15, -0.1) is 22.7 Å². The van der Waals surface area contributed by atoms with Crippen LogP contribution < -0.4 is 35.1 Å². The number of carbonyl (C=O) groups excluding carboxylic acids is 2. The van der Waals surface area contributed by atoms with Gasteiger partial charge in [-0.05, 0) is 158 Å². The molecule has 2 saturated heterocycles. The van der Waals surface area contributed by atoms with Gasteiger partial charge in [0.1, 0.15) is 17.2 Å². The summed E-state index contributed by atoms with van der Waals surface area (Å²) in [7, 11) is 0. The minimum absolute atomic E-state index is 0.208. The number of nitrogens with zero attached hydrogens (tertiary/aromatic N) is 6. The summed E-state index contributed by atoms with van der Waals surface area (Å²) < 4.78 is 38.2. The van der Waals surface area contributed by atoms with Gasteiger partial charge in [0.2, 0.25) is 0 Å². The summed E-state index contributed by atoms with van der Waals surface area (Å²) in [5.74, 6) is 1.73. The standard InChI is InChI=1S/C33H33N3O5S.C31H37N3O5S.C9H20O/c37-32-14-12-25-11-13-27(23-30(25)36(32)24-40-33(38)41-26-7-2-1-3-8-26)39-21-5-4-16-34-17-19-35(20-18-34)29-9-6-10-31-28(29)15-22-42-31;1-2-3-19-38-31(36)39-23-34-28-22-25(11-9-24(28)10-12-30(34)35)37-20-5-4-14-32-15-17-33(18-16-32)27-7-6-8-29-26(27)13-21-40-29;1-2-3-4-5-6-7-8-9-10/h1-3,6-15,22-23H,4-5,16-21,24H2;6-13,21-22H,2-5,14-20,23H2,1H3;10H,2-9H2,1H3. The Labute approximate surface area is 548 Å². The van der Waals surface area contributed by atoms with Gasteiger partial charge < -0.3 is 43.3 Å². The fourth-order valence-corrected chi connectivity index (χ4v) is 13.0. The van der Waals surface area contributed by atoms with Crippen molar-refractivity contribution in [2.24, 2.45) is 0 Å². The lowest BCUT2D eigenvalue weighted by molar-refractivity contribution is 0.0334. The van der Waals surface area contributed by atoms with Crippen LogP contribution >= 0.6 is 22.7 Å². The highest BCUT2D eigenvalue weighted by Gasteiger charge is 2.21. The van der Waals surface area contributed by atoms with Gasteiger partial charge in [-0.2, -0.15) is 0 Å². The van der Waals surface area contributed by atoms with E-state index >= 15 is 0 Å². The summed E-state index contributed by atoms with van der Waals surface area (Å²) in [6.45, 7) is 16.2. The zero-order chi connectivity index (χ0) is 64.1. The molecular formula is C73H90N6O11S2. The summed E-state index contributed by atoms with van der Waals surface area (Å²) in [6.07, 6.45) is 13.0. The van der Waals surface area contributed by atoms with E-state index in [1.165, 1.54) is 91.3 Å². The molecule has 92 heavy (non-hydrogen) atoms. The number of thiophene rings is 2. The summed E-state index contributed by atoms with van der Waals surface area (Å²) in [6, 6.07) is 44.0. The maximum Gasteiger partial charge on any atom is 0.515 e. The molecule has 2 aliphatic heterocycles. The van der Waals surface area contributed by atoms with Gasteiger partial charge in [-0.25, -0.2) is 9.59 Å². The van der Waals surface area contributed by atoms with E-state index in [-0.39, 0.29) is 24.6 Å². The van der Waals surface area contributed by atoms with E-state index in [1.54, 1.807) is 59.1 Å². The monoisotopic (exact) mass is 1290 g/mol. The lowest BCUT2D eigenvalue weighted by Crippen LogP contribution is -2.46. The molecule has 0 aliphatic carbocycles. The number of benzene rings is 5. The molecule has 0 radical (unpaired) electrons. The van der Waals surface area contributed by atoms with E-state index < -0.39 is 12.3 Å². The molecule has 490 valence electrons. The number of aliphatic hydroxyl groups excluding tert-OH is 1. The molecule has 2 aliphatic rings. The smallest absolute Gasteiger partial charge is 0.494 e. The maximum atomic E-state index is 12.6. The first-order chi connectivity index (χ1) is 45.2. The van der Waals surface area contributed by atoms with E-state index in [2.05, 4.69) is 85.8 Å². The minimum atomic E-state index is -0.876. The number of aromatic nitrogens is 2. The lowest BCUT2D eigenvalue weighted by Gasteiger charge is -2.36. The van der Waals surface area contributed by atoms with Crippen molar-refractivity contribution in [1.82, 2.24) is 18.9 Å². The van der Waals surface area contributed by atoms with Crippen molar-refractivity contribution in [3.63, 3.8) is 0 Å². The number of aliphatic hydroxyl groups is 1. The zero-order valence-electron chi connectivity index (χ0n) is 53.5. The summed E-state index contributed by atoms with van der Waals surface area (Å²) in [5, 5.41) is 17.2. The van der Waals surface area contributed by atoms with Gasteiger partial charge in [0.15, 0.2) is 13.5 Å². The van der Waals surface area contributed by atoms with Crippen LogP contribution in [0.25, 0.3) is 42.0 Å². The van der Waals surface area contributed by atoms with Gasteiger partial charge in [0, 0.05) is 115 Å². The van der Waals surface area contributed by atoms with E-state index in [9.17, 15) is 19.2 Å². The predicted molar refractivity (Wildman–Crippen MR) is 373 cm³/mol. The number of fused-ring (bicyclic) bond motifs is 4. The van der Waals surface area contributed by atoms with Crippen molar-refractivity contribution in [3.8, 4) is 17.2 Å². The Kier molecular flexibility index (Phi) is 27.5. The normalized spacial score (nSPS) is 13.6. The number of unbranched alkanes of at least 4 members (excludes halogenated alkanes) is 9. The first-order valence-corrected chi connectivity index (χ1v) is 34.6. The third kappa shape index (κ3) is 20.5. The molecule has 5 aromatic carbocycles. The number of pyridine rings is 2. The largest absolute Gasteiger partial charge is 0.515 e. The van der Waals surface area contributed by atoms with Gasteiger partial charge in [-0.1, -0.05) is 89.1 Å². The molecule has 0 atom stereocenters. The molecule has 2 fully saturated rings. The molecule has 0 spiro atoms. The number of hydrogen-bond acceptors (Lipinski definition) is 17. The SMILES string of the molecule is CCCCCCCCCO.CCCCOC(=O)OCn1c(=O)ccc2ccc(OCCCCN3CCN(c4cccc5sccc45)CC3)cc21.O=C(OCn1c(=O)ccc2ccc(OCCCCN3CCN(c4cccc5sccc45)CC3)cc21)Oc1ccccc1. The third-order valence-electron chi connectivity index (χ3n) is 16.6. The van der Waals surface area contributed by atoms with E-state index in [4.69, 9.17) is 33.5 Å². The third-order valence-corrected chi connectivity index (χ3v) is 18.4. The molecule has 0 saturated carbocycles. The van der Waals surface area contributed by atoms with Crippen LogP contribution in [0.4, 0.5) is 21.0 Å². The highest BCUT2D eigenvalue weighted by molar-refractivity contribution is 7.17. The quantitative estimate of drug-likeness (QED) is 0.0267. The van der Waals surface area contributed by atoms with E-state index in [0.717, 1.165) is 121 Å². The Morgan fingerprint density at radius 2 is 0.924 bits per heavy atom. The average molecular weight is 1290 g/mol. The lowest BCUT2D eigenvalue weighted by atomic mass is 10.1. The van der Waals surface area contributed by atoms with Gasteiger partial charge >= 0.3 is 12.3 Å². The Balaban J connectivity index is 0.000000190. The van der Waals surface area contributed by atoms with E-state index in [1.807, 2.05) is 49.4 Å². The number of anilines is 2. The van der Waals surface area contributed by atoms with Crippen LogP contribution in [0.15, 0.2) is 160 Å². The number of carbonyl (C=O) groups is 2. The van der Waals surface area contributed by atoms with Crippen LogP contribution in [0.2, 0.25) is 0 Å². The average Bonchev–Trinajstić information content (AvgIpc) is 1.24. The molecular weight excluding hydrogens is 1200 g/mol. The van der Waals surface area contributed by atoms with Crippen molar-refractivity contribution < 1.29 is 43.1 Å². The minimum Gasteiger partial charge on any atom is -0.494 e. The van der Waals surface area contributed by atoms with Gasteiger partial charge in [0.25, 0.3) is 11.1 Å². The Bertz CT molecular complexity index is 3810. The number of ether oxygens (including phenoxy) is 6. The first-order valence-electron chi connectivity index (χ1n) is 32.9. The second kappa shape index (κ2) is 36.9. The van der Waals surface area contributed by atoms with Gasteiger partial charge in [0.05, 0.1) is 30.9 Å². The molecule has 19 heteroatoms. The number of piperazine rings is 2. The van der Waals surface area contributed by atoms with Gasteiger partial charge in [-0.3, -0.25) is 28.5 Å². The topological polar surface area (TPSA) is 167 Å². The molecule has 11 rings (SSSR count). The van der Waals surface area contributed by atoms with Crippen molar-refractivity contribution >= 4 is 88.3 Å². The van der Waals surface area contributed by atoms with Crippen LogP contribution in [0.3, 0.4) is 0 Å². The highest BCUT2D eigenvalue weighted by Crippen LogP contribution is 2.33. The van der Waals surface area contributed by atoms with Crippen molar-refractivity contribution in [3.05, 3.63) is 171 Å². The van der Waals surface area contributed by atoms with Crippen LogP contribution in [0.5, 0.6) is 17.2 Å². The molecule has 17 nitrogen and oxygen atoms in total. The first kappa shape index (κ1) is 68.4. The predicted octanol–water partition coefficient (Wildman–Crippen LogP) is 15.2. The second-order valence-electron chi connectivity index (χ2n) is 23.1. The summed E-state index contributed by atoms with van der Waals surface area (Å²) >= 11 is 3.60. The molecule has 9 aromatic rings. The molecule has 0 unspecified atom stereocenters. The molecule has 1 N–H and O–H groups in total. The summed E-state index contributed by atoms with van der Waals surface area (Å²) in [4.78, 5) is 59.2. The Morgan fingerprint density at radius 1 is 0.446 bits per heavy atom. The van der Waals surface area contributed by atoms with Crippen molar-refractivity contribution in [1.29, 1.82) is 0 Å².